The summed E-state index contributed by atoms with van der Waals surface area (Å²) in [5.74, 6) is 0.828. The fourth-order valence-corrected chi connectivity index (χ4v) is 3.58. The van der Waals surface area contributed by atoms with Gasteiger partial charge in [-0.1, -0.05) is 53.2 Å². The van der Waals surface area contributed by atoms with Crippen LogP contribution in [-0.4, -0.2) is 28.4 Å². The van der Waals surface area contributed by atoms with E-state index in [1.54, 1.807) is 30.5 Å². The molecule has 0 unspecified atom stereocenters. The van der Waals surface area contributed by atoms with Gasteiger partial charge in [0, 0.05) is 16.6 Å². The first-order valence-corrected chi connectivity index (χ1v) is 11.2. The van der Waals surface area contributed by atoms with Crippen LogP contribution >= 0.6 is 15.9 Å². The van der Waals surface area contributed by atoms with Crippen molar-refractivity contribution >= 4 is 44.6 Å². The summed E-state index contributed by atoms with van der Waals surface area (Å²) in [7, 11) is 0. The minimum absolute atomic E-state index is 0.127. The largest absolute Gasteiger partial charge is 0.484 e. The maximum absolute atomic E-state index is 13.0. The third-order valence-corrected chi connectivity index (χ3v) is 5.29. The molecule has 0 spiro atoms. The number of anilines is 1. The zero-order valence-electron chi connectivity index (χ0n) is 17.9. The summed E-state index contributed by atoms with van der Waals surface area (Å²) in [6.45, 7) is 1.80. The van der Waals surface area contributed by atoms with Crippen molar-refractivity contribution in [3.63, 3.8) is 0 Å². The van der Waals surface area contributed by atoms with Gasteiger partial charge in [-0.2, -0.15) is 9.78 Å². The Hall–Kier alpha value is -3.78. The Labute approximate surface area is 198 Å². The van der Waals surface area contributed by atoms with Gasteiger partial charge >= 0.3 is 0 Å². The zero-order chi connectivity index (χ0) is 23.2. The molecule has 0 fully saturated rings. The van der Waals surface area contributed by atoms with Crippen molar-refractivity contribution in [3.8, 4) is 5.75 Å². The summed E-state index contributed by atoms with van der Waals surface area (Å²) in [6, 6.07) is 21.7. The topological polar surface area (TPSA) is 85.6 Å². The van der Waals surface area contributed by atoms with Gasteiger partial charge in [0.1, 0.15) is 11.6 Å². The summed E-state index contributed by atoms with van der Waals surface area (Å²) in [5, 5.41) is 7.64. The first-order valence-electron chi connectivity index (χ1n) is 10.4. The Bertz CT molecular complexity index is 1380. The number of nitrogens with one attached hydrogen (secondary N) is 1. The lowest BCUT2D eigenvalue weighted by Crippen LogP contribution is -2.22. The number of benzene rings is 3. The van der Waals surface area contributed by atoms with Crippen LogP contribution in [0.1, 0.15) is 18.3 Å². The van der Waals surface area contributed by atoms with E-state index in [0.717, 1.165) is 10.0 Å². The van der Waals surface area contributed by atoms with Crippen LogP contribution in [0.2, 0.25) is 0 Å². The van der Waals surface area contributed by atoms with Crippen LogP contribution < -0.4 is 15.6 Å². The number of hydrogen-bond donors (Lipinski definition) is 1. The van der Waals surface area contributed by atoms with Crippen molar-refractivity contribution in [2.75, 3.05) is 11.9 Å². The predicted molar refractivity (Wildman–Crippen MR) is 133 cm³/mol. The minimum atomic E-state index is -0.257. The number of halogens is 1. The molecule has 1 aromatic heterocycles. The van der Waals surface area contributed by atoms with Crippen molar-refractivity contribution < 1.29 is 9.53 Å². The molecule has 1 N–H and O–H groups in total. The highest BCUT2D eigenvalue weighted by atomic mass is 79.9. The monoisotopic (exact) mass is 504 g/mol. The van der Waals surface area contributed by atoms with Gasteiger partial charge in [-0.25, -0.2) is 4.98 Å². The van der Waals surface area contributed by atoms with Crippen LogP contribution in [0.5, 0.6) is 5.75 Å². The van der Waals surface area contributed by atoms with Crippen molar-refractivity contribution in [2.45, 2.75) is 13.3 Å². The van der Waals surface area contributed by atoms with Crippen LogP contribution in [0.15, 0.2) is 87.2 Å². The van der Waals surface area contributed by atoms with Crippen molar-refractivity contribution in [1.82, 2.24) is 9.66 Å². The van der Waals surface area contributed by atoms with Crippen molar-refractivity contribution in [3.05, 3.63) is 99.0 Å². The van der Waals surface area contributed by atoms with Gasteiger partial charge < -0.3 is 10.1 Å². The van der Waals surface area contributed by atoms with E-state index in [4.69, 9.17) is 4.74 Å². The summed E-state index contributed by atoms with van der Waals surface area (Å²) < 4.78 is 7.73. The highest BCUT2D eigenvalue weighted by Crippen LogP contribution is 2.17. The molecule has 1 amide bonds. The Morgan fingerprint density at radius 2 is 1.94 bits per heavy atom. The van der Waals surface area contributed by atoms with Gasteiger partial charge in [-0.3, -0.25) is 9.59 Å². The molecule has 0 aliphatic carbocycles. The average Bonchev–Trinajstić information content (AvgIpc) is 2.83. The number of ether oxygens (including phenoxy) is 1. The molecule has 3 aromatic carbocycles. The third-order valence-electron chi connectivity index (χ3n) is 4.80. The third kappa shape index (κ3) is 5.53. The Balaban J connectivity index is 1.51. The van der Waals surface area contributed by atoms with Gasteiger partial charge in [0.05, 0.1) is 17.1 Å². The number of amides is 1. The molecule has 0 atom stereocenters. The molecule has 0 aliphatic heterocycles. The number of carbonyl (C=O) groups is 1. The van der Waals surface area contributed by atoms with Crippen LogP contribution in [0.25, 0.3) is 10.9 Å². The molecule has 33 heavy (non-hydrogen) atoms. The first kappa shape index (κ1) is 22.4. The molecular weight excluding hydrogens is 484 g/mol. The number of hydrogen-bond acceptors (Lipinski definition) is 5. The smallest absolute Gasteiger partial charge is 0.282 e. The lowest BCUT2D eigenvalue weighted by atomic mass is 10.2. The average molecular weight is 505 g/mol. The quantitative estimate of drug-likeness (QED) is 0.372. The molecule has 0 saturated heterocycles. The van der Waals surface area contributed by atoms with E-state index in [-0.39, 0.29) is 18.1 Å². The number of nitrogens with zero attached hydrogens (tertiary/aromatic N) is 3. The fourth-order valence-electron chi connectivity index (χ4n) is 3.22. The minimum Gasteiger partial charge on any atom is -0.484 e. The van der Waals surface area contributed by atoms with Gasteiger partial charge in [0.2, 0.25) is 0 Å². The molecule has 7 nitrogen and oxygen atoms in total. The fraction of sp³-hybridized carbons (Fsp3) is 0.120. The molecule has 0 aliphatic rings. The Morgan fingerprint density at radius 1 is 1.12 bits per heavy atom. The Morgan fingerprint density at radius 3 is 2.73 bits per heavy atom. The normalized spacial score (nSPS) is 11.1. The molecule has 8 heteroatoms. The van der Waals surface area contributed by atoms with E-state index in [1.165, 1.54) is 4.68 Å². The number of aromatic nitrogens is 2. The lowest BCUT2D eigenvalue weighted by Gasteiger charge is -2.09. The van der Waals surface area contributed by atoms with Gasteiger partial charge in [-0.15, -0.1) is 0 Å². The van der Waals surface area contributed by atoms with E-state index in [1.807, 2.05) is 55.5 Å². The molecule has 166 valence electrons. The van der Waals surface area contributed by atoms with Crippen LogP contribution in [0.4, 0.5) is 5.69 Å². The maximum atomic E-state index is 13.0. The molecule has 0 radical (unpaired) electrons. The maximum Gasteiger partial charge on any atom is 0.282 e. The SMILES string of the molecule is CCc1nc2ccc(Br)cc2c(=O)n1N=Cc1cccc(OCC(=O)Nc2ccccc2)c1. The van der Waals surface area contributed by atoms with Gasteiger partial charge in [0.25, 0.3) is 11.5 Å². The van der Waals surface area contributed by atoms with Crippen molar-refractivity contribution in [2.24, 2.45) is 5.10 Å². The number of rotatable bonds is 7. The summed E-state index contributed by atoms with van der Waals surface area (Å²) in [5.41, 5.74) is 1.83. The second-order valence-electron chi connectivity index (χ2n) is 7.18. The van der Waals surface area contributed by atoms with Gasteiger partial charge in [-0.05, 0) is 48.0 Å². The number of carbonyl (C=O) groups excluding carboxylic acids is 1. The molecular formula is C25H21BrN4O3. The number of aryl methyl sites for hydroxylation is 1. The molecule has 1 heterocycles. The van der Waals surface area contributed by atoms with Crippen LogP contribution in [0, 0.1) is 0 Å². The van der Waals surface area contributed by atoms with E-state index >= 15 is 0 Å². The van der Waals surface area contributed by atoms with Crippen molar-refractivity contribution in [1.29, 1.82) is 0 Å². The summed E-state index contributed by atoms with van der Waals surface area (Å²) in [4.78, 5) is 29.7. The molecule has 0 saturated carbocycles. The van der Waals surface area contributed by atoms with E-state index < -0.39 is 0 Å². The number of fused-ring (bicyclic) bond motifs is 1. The Kier molecular flexibility index (Phi) is 6.95. The van der Waals surface area contributed by atoms with E-state index in [2.05, 4.69) is 31.3 Å². The first-order chi connectivity index (χ1) is 16.0. The van der Waals surface area contributed by atoms with Crippen LogP contribution in [-0.2, 0) is 11.2 Å². The molecule has 4 aromatic rings. The summed E-state index contributed by atoms with van der Waals surface area (Å²) >= 11 is 3.40. The number of para-hydroxylation sites is 1. The standard InChI is InChI=1S/C25H21BrN4O3/c1-2-23-29-22-12-11-18(26)14-21(22)25(32)30(23)27-15-17-7-6-10-20(13-17)33-16-24(31)28-19-8-4-3-5-9-19/h3-15H,2,16H2,1H3,(H,28,31). The highest BCUT2D eigenvalue weighted by molar-refractivity contribution is 9.10. The zero-order valence-corrected chi connectivity index (χ0v) is 19.5. The van der Waals surface area contributed by atoms with Crippen LogP contribution in [0.3, 0.4) is 0 Å². The highest BCUT2D eigenvalue weighted by Gasteiger charge is 2.10. The van der Waals surface area contributed by atoms with E-state index in [0.29, 0.717) is 34.6 Å². The lowest BCUT2D eigenvalue weighted by molar-refractivity contribution is -0.118. The molecule has 4 rings (SSSR count). The van der Waals surface area contributed by atoms with Gasteiger partial charge in [0.15, 0.2) is 6.61 Å². The second-order valence-corrected chi connectivity index (χ2v) is 8.10. The summed E-state index contributed by atoms with van der Waals surface area (Å²) in [6.07, 6.45) is 2.13. The molecule has 0 bridgehead atoms. The predicted octanol–water partition coefficient (Wildman–Crippen LogP) is 4.62. The second kappa shape index (κ2) is 10.2. The van der Waals surface area contributed by atoms with E-state index in [9.17, 15) is 9.59 Å².